The Morgan fingerprint density at radius 3 is 2.93 bits per heavy atom. The second-order valence-corrected chi connectivity index (χ2v) is 8.77. The predicted octanol–water partition coefficient (Wildman–Crippen LogP) is 2.87. The van der Waals surface area contributed by atoms with Crippen LogP contribution in [0.25, 0.3) is 10.6 Å². The predicted molar refractivity (Wildman–Crippen MR) is 104 cm³/mol. The Morgan fingerprint density at radius 2 is 2.11 bits per heavy atom. The van der Waals surface area contributed by atoms with Crippen LogP contribution in [0.15, 0.2) is 41.2 Å². The van der Waals surface area contributed by atoms with E-state index in [1.54, 1.807) is 17.4 Å². The molecule has 3 aromatic heterocycles. The summed E-state index contributed by atoms with van der Waals surface area (Å²) < 4.78 is 1.88. The highest BCUT2D eigenvalue weighted by atomic mass is 32.1. The van der Waals surface area contributed by atoms with Gasteiger partial charge in [0.2, 0.25) is 0 Å². The highest BCUT2D eigenvalue weighted by Gasteiger charge is 2.37. The maximum Gasteiger partial charge on any atom is 0.274 e. The summed E-state index contributed by atoms with van der Waals surface area (Å²) in [6, 6.07) is 11.4. The van der Waals surface area contributed by atoms with Gasteiger partial charge in [-0.15, -0.1) is 11.3 Å². The zero-order valence-electron chi connectivity index (χ0n) is 15.0. The maximum atomic E-state index is 13.0. The minimum Gasteiger partial charge on any atom is -0.336 e. The number of fused-ring (bicyclic) bond motifs is 4. The number of hydrogen-bond acceptors (Lipinski definition) is 4. The van der Waals surface area contributed by atoms with E-state index in [9.17, 15) is 9.59 Å². The summed E-state index contributed by atoms with van der Waals surface area (Å²) in [5.41, 5.74) is 2.45. The number of nitrogens with one attached hydrogen (secondary N) is 1. The number of likely N-dealkylation sites (tertiary alicyclic amines) is 1. The third kappa shape index (κ3) is 2.82. The normalized spacial score (nSPS) is 21.1. The number of hydrogen-bond donors (Lipinski definition) is 1. The standard InChI is InChI=1S/C20H20N4O2S/c1-12-5-6-18(27-12)15-8-16(22-21-15)20(26)23-9-13-7-14(11-23)17-3-2-4-19(25)24(17)10-13/h2-6,8,13-14H,7,9-11H2,1H3,(H,21,22)/t13-,14-/m0/s1. The Kier molecular flexibility index (Phi) is 3.79. The van der Waals surface area contributed by atoms with Gasteiger partial charge < -0.3 is 9.47 Å². The molecule has 7 heteroatoms. The average Bonchev–Trinajstić information content (AvgIpc) is 3.31. The second kappa shape index (κ2) is 6.20. The fraction of sp³-hybridized carbons (Fsp3) is 0.350. The number of aryl methyl sites for hydroxylation is 1. The van der Waals surface area contributed by atoms with Crippen molar-refractivity contribution in [2.45, 2.75) is 25.8 Å². The van der Waals surface area contributed by atoms with E-state index in [0.717, 1.165) is 22.7 Å². The first-order valence-corrected chi connectivity index (χ1v) is 10.0. The fourth-order valence-electron chi connectivity index (χ4n) is 4.36. The fourth-order valence-corrected chi connectivity index (χ4v) is 5.19. The first-order valence-electron chi connectivity index (χ1n) is 9.20. The van der Waals surface area contributed by atoms with Crippen LogP contribution in [0.5, 0.6) is 0 Å². The van der Waals surface area contributed by atoms with Crippen molar-refractivity contribution in [3.63, 3.8) is 0 Å². The number of thiophene rings is 1. The van der Waals surface area contributed by atoms with Crippen LogP contribution in [0.1, 0.15) is 33.4 Å². The van der Waals surface area contributed by atoms with Gasteiger partial charge in [0.15, 0.2) is 5.69 Å². The van der Waals surface area contributed by atoms with Crippen molar-refractivity contribution in [2.24, 2.45) is 5.92 Å². The van der Waals surface area contributed by atoms with Crippen molar-refractivity contribution in [3.8, 4) is 10.6 Å². The van der Waals surface area contributed by atoms with E-state index in [0.29, 0.717) is 31.2 Å². The lowest BCUT2D eigenvalue weighted by atomic mass is 9.83. The average molecular weight is 380 g/mol. The summed E-state index contributed by atoms with van der Waals surface area (Å²) in [6.45, 7) is 4.07. The molecule has 1 fully saturated rings. The summed E-state index contributed by atoms with van der Waals surface area (Å²) in [5, 5.41) is 7.26. The third-order valence-corrected chi connectivity index (χ3v) is 6.60. The second-order valence-electron chi connectivity index (χ2n) is 7.49. The topological polar surface area (TPSA) is 71.0 Å². The Hall–Kier alpha value is -2.67. The number of aromatic nitrogens is 3. The number of carbonyl (C=O) groups excluding carboxylic acids is 1. The molecule has 27 heavy (non-hydrogen) atoms. The van der Waals surface area contributed by atoms with Crippen LogP contribution >= 0.6 is 11.3 Å². The first-order chi connectivity index (χ1) is 13.1. The largest absolute Gasteiger partial charge is 0.336 e. The van der Waals surface area contributed by atoms with Gasteiger partial charge in [-0.3, -0.25) is 14.7 Å². The van der Waals surface area contributed by atoms with E-state index in [4.69, 9.17) is 0 Å². The molecule has 138 valence electrons. The minimum atomic E-state index is -0.0350. The number of carbonyl (C=O) groups is 1. The first kappa shape index (κ1) is 16.5. The molecule has 5 heterocycles. The van der Waals surface area contributed by atoms with Crippen LogP contribution in [0.4, 0.5) is 0 Å². The molecule has 1 N–H and O–H groups in total. The Balaban J connectivity index is 1.40. The molecule has 1 saturated heterocycles. The molecule has 2 aliphatic rings. The summed E-state index contributed by atoms with van der Waals surface area (Å²) in [7, 11) is 0. The van der Waals surface area contributed by atoms with Crippen molar-refractivity contribution >= 4 is 17.2 Å². The van der Waals surface area contributed by atoms with Crippen molar-refractivity contribution in [2.75, 3.05) is 13.1 Å². The van der Waals surface area contributed by atoms with E-state index in [1.807, 2.05) is 33.7 Å². The lowest BCUT2D eigenvalue weighted by molar-refractivity contribution is 0.0588. The van der Waals surface area contributed by atoms with Gasteiger partial charge in [0, 0.05) is 42.2 Å². The van der Waals surface area contributed by atoms with Crippen LogP contribution in [0.3, 0.4) is 0 Å². The van der Waals surface area contributed by atoms with Gasteiger partial charge in [0.05, 0.1) is 10.6 Å². The van der Waals surface area contributed by atoms with E-state index < -0.39 is 0 Å². The Morgan fingerprint density at radius 1 is 1.22 bits per heavy atom. The zero-order chi connectivity index (χ0) is 18.5. The Bertz CT molecular complexity index is 1080. The number of rotatable bonds is 2. The summed E-state index contributed by atoms with van der Waals surface area (Å²) in [4.78, 5) is 29.4. The monoisotopic (exact) mass is 380 g/mol. The molecule has 6 nitrogen and oxygen atoms in total. The van der Waals surface area contributed by atoms with Gasteiger partial charge in [0.25, 0.3) is 11.5 Å². The molecule has 0 aliphatic carbocycles. The molecule has 0 unspecified atom stereocenters. The van der Waals surface area contributed by atoms with E-state index >= 15 is 0 Å². The molecule has 5 rings (SSSR count). The molecule has 1 amide bonds. The highest BCUT2D eigenvalue weighted by Crippen LogP contribution is 2.35. The van der Waals surface area contributed by atoms with Gasteiger partial charge in [-0.05, 0) is 43.5 Å². The lowest BCUT2D eigenvalue weighted by Gasteiger charge is -2.42. The van der Waals surface area contributed by atoms with Gasteiger partial charge >= 0.3 is 0 Å². The number of amides is 1. The molecule has 2 atom stereocenters. The van der Waals surface area contributed by atoms with E-state index in [-0.39, 0.29) is 17.4 Å². The molecular weight excluding hydrogens is 360 g/mol. The molecular formula is C20H20N4O2S. The highest BCUT2D eigenvalue weighted by molar-refractivity contribution is 7.15. The van der Waals surface area contributed by atoms with Gasteiger partial charge in [0.1, 0.15) is 0 Å². The van der Waals surface area contributed by atoms with E-state index in [2.05, 4.69) is 23.2 Å². The van der Waals surface area contributed by atoms with Crippen molar-refractivity contribution in [1.82, 2.24) is 19.7 Å². The van der Waals surface area contributed by atoms with Gasteiger partial charge in [-0.25, -0.2) is 0 Å². The number of piperidine rings is 1. The van der Waals surface area contributed by atoms with Crippen LogP contribution in [0, 0.1) is 12.8 Å². The van der Waals surface area contributed by atoms with Gasteiger partial charge in [-0.2, -0.15) is 5.10 Å². The molecule has 2 aliphatic heterocycles. The third-order valence-electron chi connectivity index (χ3n) is 5.57. The van der Waals surface area contributed by atoms with Crippen molar-refractivity contribution < 1.29 is 4.79 Å². The van der Waals surface area contributed by atoms with Crippen molar-refractivity contribution in [3.05, 3.63) is 63.0 Å². The molecule has 0 aromatic carbocycles. The number of H-pyrrole nitrogens is 1. The molecule has 0 spiro atoms. The summed E-state index contributed by atoms with van der Waals surface area (Å²) in [6.07, 6.45) is 1.04. The van der Waals surface area contributed by atoms with Crippen molar-refractivity contribution in [1.29, 1.82) is 0 Å². The SMILES string of the molecule is Cc1ccc(-c2cc(C(=O)N3C[C@@H]4C[C@@H](C3)c3cccc(=O)n3C4)n[nH]2)s1. The number of aromatic amines is 1. The van der Waals surface area contributed by atoms with Crippen LogP contribution < -0.4 is 5.56 Å². The molecule has 3 aromatic rings. The minimum absolute atomic E-state index is 0.0350. The molecule has 2 bridgehead atoms. The smallest absolute Gasteiger partial charge is 0.274 e. The number of nitrogens with zero attached hydrogens (tertiary/aromatic N) is 3. The Labute approximate surface area is 160 Å². The van der Waals surface area contributed by atoms with E-state index in [1.165, 1.54) is 4.88 Å². The quantitative estimate of drug-likeness (QED) is 0.743. The zero-order valence-corrected chi connectivity index (χ0v) is 15.8. The summed E-state index contributed by atoms with van der Waals surface area (Å²) >= 11 is 1.68. The van der Waals surface area contributed by atoms with Crippen LogP contribution in [-0.4, -0.2) is 38.7 Å². The number of pyridine rings is 1. The van der Waals surface area contributed by atoms with Crippen LogP contribution in [0.2, 0.25) is 0 Å². The van der Waals surface area contributed by atoms with Gasteiger partial charge in [-0.1, -0.05) is 6.07 Å². The maximum absolute atomic E-state index is 13.0. The molecule has 0 saturated carbocycles. The van der Waals surface area contributed by atoms with Crippen LogP contribution in [-0.2, 0) is 6.54 Å². The lowest BCUT2D eigenvalue weighted by Crippen LogP contribution is -2.49. The summed E-state index contributed by atoms with van der Waals surface area (Å²) in [5.74, 6) is 0.500. The molecule has 0 radical (unpaired) electrons.